The average molecular weight is 216 g/mol. The minimum absolute atomic E-state index is 0.677. The van der Waals surface area contributed by atoms with Crippen molar-refractivity contribution in [1.82, 2.24) is 4.90 Å². The van der Waals surface area contributed by atoms with Crippen LogP contribution in [0.5, 0.6) is 0 Å². The Bertz CT molecular complexity index is 335. The molecule has 2 bridgehead atoms. The lowest BCUT2D eigenvalue weighted by atomic mass is 9.98. The van der Waals surface area contributed by atoms with Gasteiger partial charge in [0.2, 0.25) is 0 Å². The van der Waals surface area contributed by atoms with Crippen LogP contribution in [-0.4, -0.2) is 30.1 Å². The second-order valence-electron chi connectivity index (χ2n) is 5.23. The summed E-state index contributed by atoms with van der Waals surface area (Å²) in [6.07, 6.45) is 5.41. The lowest BCUT2D eigenvalue weighted by Gasteiger charge is -2.37. The van der Waals surface area contributed by atoms with E-state index in [2.05, 4.69) is 47.6 Å². The lowest BCUT2D eigenvalue weighted by Crippen LogP contribution is -2.44. The van der Waals surface area contributed by atoms with Gasteiger partial charge in [0, 0.05) is 23.8 Å². The van der Waals surface area contributed by atoms with E-state index in [4.69, 9.17) is 0 Å². The second kappa shape index (κ2) is 4.10. The van der Waals surface area contributed by atoms with Crippen molar-refractivity contribution in [2.75, 3.05) is 12.4 Å². The third kappa shape index (κ3) is 1.82. The Kier molecular flexibility index (Phi) is 2.60. The van der Waals surface area contributed by atoms with Crippen LogP contribution in [0.2, 0.25) is 0 Å². The van der Waals surface area contributed by atoms with Crippen molar-refractivity contribution in [3.05, 3.63) is 30.3 Å². The van der Waals surface area contributed by atoms with Crippen molar-refractivity contribution in [1.29, 1.82) is 0 Å². The maximum Gasteiger partial charge on any atom is 0.0342 e. The Balaban J connectivity index is 1.66. The monoisotopic (exact) mass is 216 g/mol. The summed E-state index contributed by atoms with van der Waals surface area (Å²) in [5.41, 5.74) is 1.27. The standard InChI is InChI=1S/C14H20N2/c1-16-13-7-8-14(16)10-12(9-13)15-11-5-3-2-4-6-11/h2-6,12-15H,7-10H2,1H3/t13-,14-/m0/s1. The zero-order chi connectivity index (χ0) is 11.0. The van der Waals surface area contributed by atoms with E-state index in [-0.39, 0.29) is 0 Å². The van der Waals surface area contributed by atoms with Gasteiger partial charge < -0.3 is 10.2 Å². The molecule has 0 aliphatic carbocycles. The Morgan fingerprint density at radius 1 is 1.06 bits per heavy atom. The van der Waals surface area contributed by atoms with Gasteiger partial charge in [0.25, 0.3) is 0 Å². The van der Waals surface area contributed by atoms with Crippen LogP contribution in [-0.2, 0) is 0 Å². The largest absolute Gasteiger partial charge is 0.382 e. The summed E-state index contributed by atoms with van der Waals surface area (Å²) in [7, 11) is 2.29. The van der Waals surface area contributed by atoms with Gasteiger partial charge in [0.05, 0.1) is 0 Å². The van der Waals surface area contributed by atoms with Gasteiger partial charge in [-0.1, -0.05) is 18.2 Å². The van der Waals surface area contributed by atoms with Crippen LogP contribution in [0, 0.1) is 0 Å². The molecule has 86 valence electrons. The molecule has 0 saturated carbocycles. The summed E-state index contributed by atoms with van der Waals surface area (Å²) in [6.45, 7) is 0. The number of fused-ring (bicyclic) bond motifs is 2. The van der Waals surface area contributed by atoms with Crippen molar-refractivity contribution < 1.29 is 0 Å². The highest BCUT2D eigenvalue weighted by Gasteiger charge is 2.38. The molecule has 2 aliphatic rings. The molecule has 2 fully saturated rings. The second-order valence-corrected chi connectivity index (χ2v) is 5.23. The van der Waals surface area contributed by atoms with Crippen molar-refractivity contribution in [3.8, 4) is 0 Å². The topological polar surface area (TPSA) is 15.3 Å². The molecule has 1 N–H and O–H groups in total. The molecular weight excluding hydrogens is 196 g/mol. The zero-order valence-corrected chi connectivity index (χ0v) is 9.89. The van der Waals surface area contributed by atoms with Crippen LogP contribution < -0.4 is 5.32 Å². The molecule has 0 radical (unpaired) electrons. The Labute approximate surface area is 97.6 Å². The van der Waals surface area contributed by atoms with Gasteiger partial charge in [-0.25, -0.2) is 0 Å². The van der Waals surface area contributed by atoms with Crippen molar-refractivity contribution in [2.24, 2.45) is 0 Å². The number of benzene rings is 1. The van der Waals surface area contributed by atoms with Crippen LogP contribution in [0.25, 0.3) is 0 Å². The minimum atomic E-state index is 0.677. The molecule has 3 rings (SSSR count). The predicted octanol–water partition coefficient (Wildman–Crippen LogP) is 2.72. The van der Waals surface area contributed by atoms with Gasteiger partial charge in [-0.2, -0.15) is 0 Å². The van der Waals surface area contributed by atoms with Gasteiger partial charge in [0.1, 0.15) is 0 Å². The fourth-order valence-corrected chi connectivity index (χ4v) is 3.30. The molecule has 0 spiro atoms. The molecule has 1 aromatic carbocycles. The van der Waals surface area contributed by atoms with E-state index in [1.807, 2.05) is 0 Å². The Hall–Kier alpha value is -1.02. The first kappa shape index (κ1) is 10.2. The number of nitrogens with one attached hydrogen (secondary N) is 1. The van der Waals surface area contributed by atoms with E-state index < -0.39 is 0 Å². The summed E-state index contributed by atoms with van der Waals surface area (Å²) < 4.78 is 0. The van der Waals surface area contributed by atoms with Crippen molar-refractivity contribution >= 4 is 5.69 Å². The summed E-state index contributed by atoms with van der Waals surface area (Å²) in [5.74, 6) is 0. The maximum absolute atomic E-state index is 3.68. The van der Waals surface area contributed by atoms with Crippen LogP contribution in [0.15, 0.2) is 30.3 Å². The smallest absolute Gasteiger partial charge is 0.0342 e. The Morgan fingerprint density at radius 3 is 2.31 bits per heavy atom. The number of piperidine rings is 1. The highest BCUT2D eigenvalue weighted by atomic mass is 15.2. The highest BCUT2D eigenvalue weighted by Crippen LogP contribution is 2.35. The fourth-order valence-electron chi connectivity index (χ4n) is 3.30. The van der Waals surface area contributed by atoms with E-state index in [1.54, 1.807) is 0 Å². The number of para-hydroxylation sites is 1. The van der Waals surface area contributed by atoms with Crippen molar-refractivity contribution in [3.63, 3.8) is 0 Å². The third-order valence-corrected chi connectivity index (χ3v) is 4.24. The van der Waals surface area contributed by atoms with Gasteiger partial charge in [0.15, 0.2) is 0 Å². The van der Waals surface area contributed by atoms with Gasteiger partial charge in [-0.05, 0) is 44.9 Å². The van der Waals surface area contributed by atoms with Crippen molar-refractivity contribution in [2.45, 2.75) is 43.8 Å². The molecule has 2 atom stereocenters. The van der Waals surface area contributed by atoms with Gasteiger partial charge in [-0.3, -0.25) is 0 Å². The van der Waals surface area contributed by atoms with Crippen LogP contribution in [0.3, 0.4) is 0 Å². The first-order valence-corrected chi connectivity index (χ1v) is 6.36. The van der Waals surface area contributed by atoms with E-state index in [0.29, 0.717) is 6.04 Å². The van der Waals surface area contributed by atoms with E-state index in [9.17, 15) is 0 Å². The molecule has 2 heteroatoms. The van der Waals surface area contributed by atoms with E-state index in [1.165, 1.54) is 31.4 Å². The molecular formula is C14H20N2. The minimum Gasteiger partial charge on any atom is -0.382 e. The normalized spacial score (nSPS) is 33.9. The summed E-state index contributed by atoms with van der Waals surface area (Å²) in [6, 6.07) is 12.9. The van der Waals surface area contributed by atoms with Crippen LogP contribution >= 0.6 is 0 Å². The molecule has 2 heterocycles. The molecule has 0 unspecified atom stereocenters. The molecule has 2 aliphatic heterocycles. The molecule has 0 amide bonds. The molecule has 2 nitrogen and oxygen atoms in total. The first-order chi connectivity index (χ1) is 7.83. The molecule has 1 aromatic rings. The lowest BCUT2D eigenvalue weighted by molar-refractivity contribution is 0.169. The van der Waals surface area contributed by atoms with Crippen LogP contribution in [0.1, 0.15) is 25.7 Å². The van der Waals surface area contributed by atoms with Crippen LogP contribution in [0.4, 0.5) is 5.69 Å². The quantitative estimate of drug-likeness (QED) is 0.817. The van der Waals surface area contributed by atoms with E-state index in [0.717, 1.165) is 12.1 Å². The average Bonchev–Trinajstić information content (AvgIpc) is 2.54. The highest BCUT2D eigenvalue weighted by molar-refractivity contribution is 5.43. The summed E-state index contributed by atoms with van der Waals surface area (Å²) >= 11 is 0. The number of hydrogen-bond donors (Lipinski definition) is 1. The number of nitrogens with zero attached hydrogens (tertiary/aromatic N) is 1. The third-order valence-electron chi connectivity index (χ3n) is 4.24. The summed E-state index contributed by atoms with van der Waals surface area (Å²) in [4.78, 5) is 2.59. The maximum atomic E-state index is 3.68. The molecule has 0 aromatic heterocycles. The van der Waals surface area contributed by atoms with Gasteiger partial charge in [-0.15, -0.1) is 0 Å². The SMILES string of the molecule is CN1[C@H]2CC[C@H]1CC(Nc1ccccc1)C2. The number of anilines is 1. The number of rotatable bonds is 2. The zero-order valence-electron chi connectivity index (χ0n) is 9.89. The predicted molar refractivity (Wildman–Crippen MR) is 67.7 cm³/mol. The van der Waals surface area contributed by atoms with E-state index >= 15 is 0 Å². The first-order valence-electron chi connectivity index (χ1n) is 6.36. The van der Waals surface area contributed by atoms with Gasteiger partial charge >= 0.3 is 0 Å². The fraction of sp³-hybridized carbons (Fsp3) is 0.571. The summed E-state index contributed by atoms with van der Waals surface area (Å²) in [5, 5.41) is 3.68. The molecule has 2 saturated heterocycles. The number of hydrogen-bond acceptors (Lipinski definition) is 2. The molecule has 16 heavy (non-hydrogen) atoms. The Morgan fingerprint density at radius 2 is 1.69 bits per heavy atom.